The summed E-state index contributed by atoms with van der Waals surface area (Å²) in [5, 5.41) is 9.19. The molecule has 1 fully saturated rings. The highest BCUT2D eigenvalue weighted by Gasteiger charge is 2.42. The van der Waals surface area contributed by atoms with E-state index in [1.54, 1.807) is 26.2 Å². The second kappa shape index (κ2) is 5.11. The van der Waals surface area contributed by atoms with Crippen molar-refractivity contribution in [1.82, 2.24) is 4.72 Å². The molecule has 0 heterocycles. The Labute approximate surface area is 113 Å². The summed E-state index contributed by atoms with van der Waals surface area (Å²) in [6.07, 6.45) is 1.74. The van der Waals surface area contributed by atoms with Gasteiger partial charge in [-0.25, -0.2) is 13.1 Å². The SMILES string of the molecule is COc1ccc(S(=O)(=O)NCC2(CO)CC2)cc1C. The van der Waals surface area contributed by atoms with Gasteiger partial charge in [0.15, 0.2) is 0 Å². The van der Waals surface area contributed by atoms with Gasteiger partial charge in [0.2, 0.25) is 10.0 Å². The van der Waals surface area contributed by atoms with E-state index in [1.165, 1.54) is 6.07 Å². The van der Waals surface area contributed by atoms with Gasteiger partial charge < -0.3 is 9.84 Å². The third kappa shape index (κ3) is 3.08. The van der Waals surface area contributed by atoms with Crippen LogP contribution in [-0.4, -0.2) is 33.8 Å². The monoisotopic (exact) mass is 285 g/mol. The van der Waals surface area contributed by atoms with Gasteiger partial charge in [-0.05, 0) is 43.5 Å². The summed E-state index contributed by atoms with van der Waals surface area (Å²) in [6.45, 7) is 2.11. The number of rotatable bonds is 6. The van der Waals surface area contributed by atoms with Gasteiger partial charge in [-0.3, -0.25) is 0 Å². The van der Waals surface area contributed by atoms with Gasteiger partial charge in [0.1, 0.15) is 5.75 Å². The van der Waals surface area contributed by atoms with Crippen molar-refractivity contribution in [3.8, 4) is 5.75 Å². The van der Waals surface area contributed by atoms with E-state index in [2.05, 4.69) is 4.72 Å². The first-order valence-electron chi connectivity index (χ1n) is 6.18. The third-order valence-corrected chi connectivity index (χ3v) is 5.01. The Kier molecular flexibility index (Phi) is 3.85. The van der Waals surface area contributed by atoms with Crippen molar-refractivity contribution >= 4 is 10.0 Å². The fraction of sp³-hybridized carbons (Fsp3) is 0.538. The zero-order chi connectivity index (χ0) is 14.1. The lowest BCUT2D eigenvalue weighted by atomic mass is 10.1. The number of methoxy groups -OCH3 is 1. The molecular formula is C13H19NO4S. The van der Waals surface area contributed by atoms with E-state index in [1.807, 2.05) is 0 Å². The summed E-state index contributed by atoms with van der Waals surface area (Å²) in [4.78, 5) is 0.222. The van der Waals surface area contributed by atoms with Crippen molar-refractivity contribution in [2.75, 3.05) is 20.3 Å². The second-order valence-electron chi connectivity index (χ2n) is 5.11. The van der Waals surface area contributed by atoms with Gasteiger partial charge in [0, 0.05) is 18.6 Å². The normalized spacial score (nSPS) is 17.2. The highest BCUT2D eigenvalue weighted by molar-refractivity contribution is 7.89. The van der Waals surface area contributed by atoms with E-state index >= 15 is 0 Å². The third-order valence-electron chi connectivity index (χ3n) is 3.61. The van der Waals surface area contributed by atoms with Crippen molar-refractivity contribution in [3.63, 3.8) is 0 Å². The molecule has 1 aromatic carbocycles. The molecule has 1 aliphatic carbocycles. The lowest BCUT2D eigenvalue weighted by Crippen LogP contribution is -2.31. The minimum Gasteiger partial charge on any atom is -0.496 e. The van der Waals surface area contributed by atoms with E-state index in [9.17, 15) is 13.5 Å². The maximum atomic E-state index is 12.1. The predicted molar refractivity (Wildman–Crippen MR) is 71.7 cm³/mol. The summed E-state index contributed by atoms with van der Waals surface area (Å²) in [5.41, 5.74) is 0.530. The number of hydrogen-bond donors (Lipinski definition) is 2. The molecule has 2 N–H and O–H groups in total. The van der Waals surface area contributed by atoms with Crippen LogP contribution >= 0.6 is 0 Å². The molecule has 6 heteroatoms. The molecule has 0 unspecified atom stereocenters. The topological polar surface area (TPSA) is 75.6 Å². The van der Waals surface area contributed by atoms with Crippen LogP contribution in [-0.2, 0) is 10.0 Å². The summed E-state index contributed by atoms with van der Waals surface area (Å²) < 4.78 is 32.0. The predicted octanol–water partition coefficient (Wildman–Crippen LogP) is 1.05. The van der Waals surface area contributed by atoms with Gasteiger partial charge in [0.25, 0.3) is 0 Å². The summed E-state index contributed by atoms with van der Waals surface area (Å²) in [6, 6.07) is 4.75. The molecule has 2 rings (SSSR count). The zero-order valence-electron chi connectivity index (χ0n) is 11.1. The van der Waals surface area contributed by atoms with Crippen molar-refractivity contribution in [3.05, 3.63) is 23.8 Å². The number of ether oxygens (including phenoxy) is 1. The highest BCUT2D eigenvalue weighted by atomic mass is 32.2. The molecule has 5 nitrogen and oxygen atoms in total. The van der Waals surface area contributed by atoms with Crippen molar-refractivity contribution in [2.45, 2.75) is 24.7 Å². The first kappa shape index (κ1) is 14.3. The van der Waals surface area contributed by atoms with Gasteiger partial charge in [0.05, 0.1) is 12.0 Å². The van der Waals surface area contributed by atoms with Crippen LogP contribution in [0.2, 0.25) is 0 Å². The van der Waals surface area contributed by atoms with Crippen molar-refractivity contribution < 1.29 is 18.3 Å². The van der Waals surface area contributed by atoms with Gasteiger partial charge in [-0.15, -0.1) is 0 Å². The smallest absolute Gasteiger partial charge is 0.240 e. The van der Waals surface area contributed by atoms with Crippen molar-refractivity contribution in [2.24, 2.45) is 5.41 Å². The molecule has 0 amide bonds. The van der Waals surface area contributed by atoms with Gasteiger partial charge >= 0.3 is 0 Å². The standard InChI is InChI=1S/C13H19NO4S/c1-10-7-11(3-4-12(10)18-2)19(16,17)14-8-13(9-15)5-6-13/h3-4,7,14-15H,5-6,8-9H2,1-2H3. The Morgan fingerprint density at radius 2 is 2.11 bits per heavy atom. The number of nitrogens with one attached hydrogen (secondary N) is 1. The molecule has 1 aromatic rings. The van der Waals surface area contributed by atoms with Crippen LogP contribution in [0.3, 0.4) is 0 Å². The quantitative estimate of drug-likeness (QED) is 0.819. The van der Waals surface area contributed by atoms with Crippen LogP contribution in [0.4, 0.5) is 0 Å². The Bertz CT molecular complexity index is 564. The summed E-state index contributed by atoms with van der Waals surface area (Å²) >= 11 is 0. The maximum Gasteiger partial charge on any atom is 0.240 e. The average Bonchev–Trinajstić information content (AvgIpc) is 3.17. The Hall–Kier alpha value is -1.11. The minimum absolute atomic E-state index is 0.0250. The molecule has 0 spiro atoms. The van der Waals surface area contributed by atoms with Crippen LogP contribution in [0.15, 0.2) is 23.1 Å². The van der Waals surface area contributed by atoms with Gasteiger partial charge in [-0.1, -0.05) is 0 Å². The van der Waals surface area contributed by atoms with Crippen LogP contribution in [0.5, 0.6) is 5.75 Å². The fourth-order valence-corrected chi connectivity index (χ4v) is 3.16. The van der Waals surface area contributed by atoms with E-state index in [4.69, 9.17) is 4.74 Å². The van der Waals surface area contributed by atoms with Crippen LogP contribution in [0.25, 0.3) is 0 Å². The zero-order valence-corrected chi connectivity index (χ0v) is 12.0. The molecule has 19 heavy (non-hydrogen) atoms. The maximum absolute atomic E-state index is 12.1. The second-order valence-corrected chi connectivity index (χ2v) is 6.88. The Morgan fingerprint density at radius 3 is 2.58 bits per heavy atom. The number of hydrogen-bond acceptors (Lipinski definition) is 4. The number of aryl methyl sites for hydroxylation is 1. The molecule has 0 atom stereocenters. The number of aliphatic hydroxyl groups is 1. The number of sulfonamides is 1. The van der Waals surface area contributed by atoms with Crippen LogP contribution < -0.4 is 9.46 Å². The first-order valence-corrected chi connectivity index (χ1v) is 7.66. The number of aliphatic hydroxyl groups excluding tert-OH is 1. The Balaban J connectivity index is 2.13. The van der Waals surface area contributed by atoms with E-state index in [0.29, 0.717) is 5.75 Å². The summed E-state index contributed by atoms with van der Waals surface area (Å²) in [7, 11) is -1.98. The van der Waals surface area contributed by atoms with E-state index < -0.39 is 10.0 Å². The van der Waals surface area contributed by atoms with E-state index in [-0.39, 0.29) is 23.5 Å². The lowest BCUT2D eigenvalue weighted by molar-refractivity contribution is 0.213. The molecule has 0 saturated heterocycles. The largest absolute Gasteiger partial charge is 0.496 e. The molecule has 0 bridgehead atoms. The first-order chi connectivity index (χ1) is 8.92. The van der Waals surface area contributed by atoms with Crippen LogP contribution in [0, 0.1) is 12.3 Å². The highest BCUT2D eigenvalue weighted by Crippen LogP contribution is 2.44. The molecular weight excluding hydrogens is 266 g/mol. The van der Waals surface area contributed by atoms with Crippen molar-refractivity contribution in [1.29, 1.82) is 0 Å². The molecule has 0 radical (unpaired) electrons. The fourth-order valence-electron chi connectivity index (χ4n) is 1.92. The molecule has 1 aliphatic rings. The minimum atomic E-state index is -3.53. The molecule has 0 aliphatic heterocycles. The summed E-state index contributed by atoms with van der Waals surface area (Å²) in [5.74, 6) is 0.660. The Morgan fingerprint density at radius 1 is 1.42 bits per heavy atom. The average molecular weight is 285 g/mol. The van der Waals surface area contributed by atoms with Crippen LogP contribution in [0.1, 0.15) is 18.4 Å². The molecule has 0 aromatic heterocycles. The van der Waals surface area contributed by atoms with E-state index in [0.717, 1.165) is 18.4 Å². The lowest BCUT2D eigenvalue weighted by Gasteiger charge is -2.14. The molecule has 1 saturated carbocycles. The molecule has 106 valence electrons. The number of benzene rings is 1. The van der Waals surface area contributed by atoms with Gasteiger partial charge in [-0.2, -0.15) is 0 Å².